The number of phenols is 1. The molecule has 0 saturated carbocycles. The number of nitrogens with zero attached hydrogens (tertiary/aromatic N) is 2. The Morgan fingerprint density at radius 2 is 2.21 bits per heavy atom. The van der Waals surface area contributed by atoms with Crippen molar-refractivity contribution in [3.8, 4) is 5.75 Å². The summed E-state index contributed by atoms with van der Waals surface area (Å²) in [6.07, 6.45) is 0. The molecular weight excluding hydrogens is 251 g/mol. The first-order chi connectivity index (χ1) is 8.91. The third kappa shape index (κ3) is 2.22. The van der Waals surface area contributed by atoms with Crippen LogP contribution in [0, 0.1) is 12.7 Å². The number of nitrogens with two attached hydrogens (primary N) is 1. The third-order valence-electron chi connectivity index (χ3n) is 2.72. The lowest BCUT2D eigenvalue weighted by Gasteiger charge is -2.08. The maximum Gasteiger partial charge on any atom is 0.263 e. The van der Waals surface area contributed by atoms with Crippen molar-refractivity contribution in [2.24, 2.45) is 7.05 Å². The molecule has 0 bridgehead atoms. The molecule has 0 aliphatic rings. The summed E-state index contributed by atoms with van der Waals surface area (Å²) in [5, 5.41) is 16.0. The van der Waals surface area contributed by atoms with E-state index in [1.807, 2.05) is 0 Å². The van der Waals surface area contributed by atoms with Gasteiger partial charge in [0.25, 0.3) is 5.91 Å². The average molecular weight is 264 g/mol. The quantitative estimate of drug-likeness (QED) is 0.764. The predicted molar refractivity (Wildman–Crippen MR) is 68.4 cm³/mol. The average Bonchev–Trinajstić information content (AvgIpc) is 2.56. The lowest BCUT2D eigenvalue weighted by atomic mass is 10.1. The van der Waals surface area contributed by atoms with Crippen LogP contribution in [0.4, 0.5) is 15.9 Å². The molecular formula is C12H13FN4O2. The number of phenolic OH excluding ortho intramolecular Hbond substituents is 1. The van der Waals surface area contributed by atoms with E-state index in [9.17, 15) is 14.3 Å². The van der Waals surface area contributed by atoms with Crippen molar-refractivity contribution < 1.29 is 14.3 Å². The summed E-state index contributed by atoms with van der Waals surface area (Å²) in [4.78, 5) is 12.0. The van der Waals surface area contributed by atoms with Gasteiger partial charge in [-0.25, -0.2) is 4.39 Å². The number of rotatable bonds is 2. The minimum atomic E-state index is -0.810. The zero-order chi connectivity index (χ0) is 14.2. The summed E-state index contributed by atoms with van der Waals surface area (Å²) in [7, 11) is 1.60. The number of hydrogen-bond donors (Lipinski definition) is 3. The zero-order valence-corrected chi connectivity index (χ0v) is 10.4. The molecule has 0 fully saturated rings. The topological polar surface area (TPSA) is 93.2 Å². The molecule has 0 radical (unpaired) electrons. The zero-order valence-electron chi connectivity index (χ0n) is 10.4. The van der Waals surface area contributed by atoms with Crippen molar-refractivity contribution in [2.75, 3.05) is 11.1 Å². The van der Waals surface area contributed by atoms with Gasteiger partial charge in [-0.2, -0.15) is 5.10 Å². The Labute approximate surface area is 108 Å². The monoisotopic (exact) mass is 264 g/mol. The van der Waals surface area contributed by atoms with Crippen LogP contribution < -0.4 is 11.1 Å². The number of aromatic hydroxyl groups is 1. The van der Waals surface area contributed by atoms with Crippen molar-refractivity contribution in [3.63, 3.8) is 0 Å². The van der Waals surface area contributed by atoms with Gasteiger partial charge in [-0.1, -0.05) is 6.07 Å². The number of carbonyl (C=O) groups is 1. The van der Waals surface area contributed by atoms with Crippen molar-refractivity contribution in [3.05, 3.63) is 35.3 Å². The fraction of sp³-hybridized carbons (Fsp3) is 0.167. The van der Waals surface area contributed by atoms with E-state index in [0.29, 0.717) is 11.4 Å². The highest BCUT2D eigenvalue weighted by Crippen LogP contribution is 2.25. The number of nitrogen functional groups attached to an aromatic ring is 1. The Balaban J connectivity index is 2.36. The maximum absolute atomic E-state index is 13.5. The normalized spacial score (nSPS) is 10.5. The van der Waals surface area contributed by atoms with Crippen LogP contribution in [0.5, 0.6) is 5.75 Å². The number of benzene rings is 1. The van der Waals surface area contributed by atoms with Crippen LogP contribution in [0.1, 0.15) is 16.1 Å². The number of halogens is 1. The van der Waals surface area contributed by atoms with Gasteiger partial charge >= 0.3 is 0 Å². The lowest BCUT2D eigenvalue weighted by molar-refractivity contribution is 0.101. The molecule has 0 aliphatic carbocycles. The first kappa shape index (κ1) is 12.9. The molecule has 0 atom stereocenters. The molecule has 7 heteroatoms. The number of nitrogens with one attached hydrogen (secondary N) is 1. The predicted octanol–water partition coefficient (Wildman–Crippen LogP) is 1.41. The van der Waals surface area contributed by atoms with Crippen molar-refractivity contribution in [1.82, 2.24) is 9.78 Å². The molecule has 0 unspecified atom stereocenters. The SMILES string of the molecule is Cc1nn(C)c(NC(=O)c2c(O)cccc2F)c1N. The smallest absolute Gasteiger partial charge is 0.263 e. The molecule has 0 saturated heterocycles. The van der Waals surface area contributed by atoms with Crippen molar-refractivity contribution in [2.45, 2.75) is 6.92 Å². The van der Waals surface area contributed by atoms with E-state index in [-0.39, 0.29) is 5.82 Å². The van der Waals surface area contributed by atoms with E-state index in [1.54, 1.807) is 14.0 Å². The largest absolute Gasteiger partial charge is 0.507 e. The molecule has 4 N–H and O–H groups in total. The number of carbonyl (C=O) groups excluding carboxylic acids is 1. The highest BCUT2D eigenvalue weighted by molar-refractivity contribution is 6.07. The third-order valence-corrected chi connectivity index (χ3v) is 2.72. The second-order valence-corrected chi connectivity index (χ2v) is 4.06. The van der Waals surface area contributed by atoms with Gasteiger partial charge in [0, 0.05) is 7.05 Å². The molecule has 0 aliphatic heterocycles. The summed E-state index contributed by atoms with van der Waals surface area (Å²) < 4.78 is 14.9. The van der Waals surface area contributed by atoms with E-state index in [1.165, 1.54) is 16.8 Å². The summed E-state index contributed by atoms with van der Waals surface area (Å²) in [6.45, 7) is 1.69. The summed E-state index contributed by atoms with van der Waals surface area (Å²) in [5.74, 6) is -1.78. The fourth-order valence-corrected chi connectivity index (χ4v) is 1.73. The van der Waals surface area contributed by atoms with Gasteiger partial charge in [0.05, 0.1) is 11.4 Å². The molecule has 1 aromatic heterocycles. The number of aromatic nitrogens is 2. The number of amides is 1. The molecule has 2 rings (SSSR count). The van der Waals surface area contributed by atoms with Gasteiger partial charge in [0.1, 0.15) is 17.1 Å². The van der Waals surface area contributed by atoms with Crippen LogP contribution in [0.15, 0.2) is 18.2 Å². The molecule has 1 heterocycles. The van der Waals surface area contributed by atoms with Crippen molar-refractivity contribution in [1.29, 1.82) is 0 Å². The van der Waals surface area contributed by atoms with Crippen LogP contribution in [-0.4, -0.2) is 20.8 Å². The van der Waals surface area contributed by atoms with Gasteiger partial charge in [0.2, 0.25) is 0 Å². The molecule has 2 aromatic rings. The Morgan fingerprint density at radius 3 is 2.74 bits per heavy atom. The van der Waals surface area contributed by atoms with Gasteiger partial charge in [-0.15, -0.1) is 0 Å². The highest BCUT2D eigenvalue weighted by Gasteiger charge is 2.19. The van der Waals surface area contributed by atoms with Crippen LogP contribution >= 0.6 is 0 Å². The van der Waals surface area contributed by atoms with Crippen LogP contribution in [0.25, 0.3) is 0 Å². The van der Waals surface area contributed by atoms with E-state index < -0.39 is 23.0 Å². The minimum Gasteiger partial charge on any atom is -0.507 e. The van der Waals surface area contributed by atoms with Gasteiger partial charge in [0.15, 0.2) is 5.82 Å². The Morgan fingerprint density at radius 1 is 1.53 bits per heavy atom. The van der Waals surface area contributed by atoms with Gasteiger partial charge < -0.3 is 16.2 Å². The summed E-state index contributed by atoms with van der Waals surface area (Å²) in [5.41, 5.74) is 6.17. The van der Waals surface area contributed by atoms with E-state index in [4.69, 9.17) is 5.73 Å². The van der Waals surface area contributed by atoms with Crippen LogP contribution in [0.3, 0.4) is 0 Å². The molecule has 0 spiro atoms. The Hall–Kier alpha value is -2.57. The summed E-state index contributed by atoms with van der Waals surface area (Å²) in [6, 6.07) is 3.63. The fourth-order valence-electron chi connectivity index (χ4n) is 1.73. The molecule has 19 heavy (non-hydrogen) atoms. The number of hydrogen-bond acceptors (Lipinski definition) is 4. The van der Waals surface area contributed by atoms with Crippen LogP contribution in [0.2, 0.25) is 0 Å². The Bertz CT molecular complexity index is 631. The lowest BCUT2D eigenvalue weighted by Crippen LogP contribution is -2.17. The van der Waals surface area contributed by atoms with E-state index >= 15 is 0 Å². The van der Waals surface area contributed by atoms with Crippen LogP contribution in [-0.2, 0) is 7.05 Å². The van der Waals surface area contributed by atoms with E-state index in [0.717, 1.165) is 6.07 Å². The molecule has 1 aromatic carbocycles. The first-order valence-electron chi connectivity index (χ1n) is 5.49. The second kappa shape index (κ2) is 4.60. The standard InChI is InChI=1S/C12H13FN4O2/c1-6-10(14)11(17(2)16-6)15-12(19)9-7(13)4-3-5-8(9)18/h3-5,18H,14H2,1-2H3,(H,15,19). The first-order valence-corrected chi connectivity index (χ1v) is 5.49. The number of anilines is 2. The molecule has 6 nitrogen and oxygen atoms in total. The molecule has 1 amide bonds. The maximum atomic E-state index is 13.5. The highest BCUT2D eigenvalue weighted by atomic mass is 19.1. The van der Waals surface area contributed by atoms with Gasteiger partial charge in [-0.3, -0.25) is 9.48 Å². The molecule has 100 valence electrons. The Kier molecular flexibility index (Phi) is 3.12. The van der Waals surface area contributed by atoms with E-state index in [2.05, 4.69) is 10.4 Å². The summed E-state index contributed by atoms with van der Waals surface area (Å²) >= 11 is 0. The van der Waals surface area contributed by atoms with Gasteiger partial charge in [-0.05, 0) is 19.1 Å². The minimum absolute atomic E-state index is 0.255. The van der Waals surface area contributed by atoms with Crippen molar-refractivity contribution >= 4 is 17.4 Å². The second-order valence-electron chi connectivity index (χ2n) is 4.06. The number of aryl methyl sites for hydroxylation is 2.